The Bertz CT molecular complexity index is 696. The van der Waals surface area contributed by atoms with Crippen molar-refractivity contribution in [2.24, 2.45) is 0 Å². The molecule has 4 nitrogen and oxygen atoms in total. The molecule has 0 aliphatic carbocycles. The number of hydrogen-bond acceptors (Lipinski definition) is 2. The van der Waals surface area contributed by atoms with Crippen LogP contribution in [0.1, 0.15) is 29.3 Å². The van der Waals surface area contributed by atoms with Crippen molar-refractivity contribution in [1.29, 1.82) is 0 Å². The molecule has 2 aromatic rings. The Morgan fingerprint density at radius 1 is 1.00 bits per heavy atom. The lowest BCUT2D eigenvalue weighted by molar-refractivity contribution is -0.115. The van der Waals surface area contributed by atoms with Gasteiger partial charge in [-0.25, -0.2) is 0 Å². The van der Waals surface area contributed by atoms with Crippen molar-refractivity contribution in [3.63, 3.8) is 0 Å². The van der Waals surface area contributed by atoms with Crippen molar-refractivity contribution < 1.29 is 9.59 Å². The molecular formula is C17H17BrN2O2. The maximum Gasteiger partial charge on any atom is 0.255 e. The first-order valence-corrected chi connectivity index (χ1v) is 7.76. The maximum absolute atomic E-state index is 12.2. The second kappa shape index (κ2) is 7.22. The van der Waals surface area contributed by atoms with Crippen LogP contribution >= 0.6 is 15.9 Å². The molecule has 0 unspecified atom stereocenters. The van der Waals surface area contributed by atoms with Crippen molar-refractivity contribution >= 4 is 39.1 Å². The molecule has 0 radical (unpaired) electrons. The molecule has 114 valence electrons. The molecule has 0 fully saturated rings. The highest BCUT2D eigenvalue weighted by Gasteiger charge is 2.08. The second-order valence-electron chi connectivity index (χ2n) is 4.90. The van der Waals surface area contributed by atoms with Gasteiger partial charge in [-0.05, 0) is 48.9 Å². The predicted octanol–water partition coefficient (Wildman–Crippen LogP) is 4.36. The molecular weight excluding hydrogens is 344 g/mol. The average molecular weight is 361 g/mol. The van der Waals surface area contributed by atoms with Crippen LogP contribution < -0.4 is 10.6 Å². The fourth-order valence-corrected chi connectivity index (χ4v) is 2.20. The highest BCUT2D eigenvalue weighted by Crippen LogP contribution is 2.19. The van der Waals surface area contributed by atoms with Gasteiger partial charge >= 0.3 is 0 Å². The number of rotatable bonds is 4. The minimum Gasteiger partial charge on any atom is -0.326 e. The summed E-state index contributed by atoms with van der Waals surface area (Å²) in [5, 5.41) is 5.59. The Balaban J connectivity index is 2.05. The van der Waals surface area contributed by atoms with Crippen LogP contribution in [0.25, 0.3) is 0 Å². The summed E-state index contributed by atoms with van der Waals surface area (Å²) in [6.45, 7) is 3.76. The third-order valence-corrected chi connectivity index (χ3v) is 4.04. The van der Waals surface area contributed by atoms with Crippen LogP contribution in [0.2, 0.25) is 0 Å². The summed E-state index contributed by atoms with van der Waals surface area (Å²) < 4.78 is 0.901. The van der Waals surface area contributed by atoms with Crippen LogP contribution in [-0.4, -0.2) is 11.8 Å². The van der Waals surface area contributed by atoms with Crippen LogP contribution in [0.4, 0.5) is 11.4 Å². The Kier molecular flexibility index (Phi) is 5.33. The standard InChI is InChI=1S/C17H17BrN2O2/c1-3-16(21)19-13-6-8-14(9-7-13)20-17(22)12-5-4-11(2)15(18)10-12/h4-10H,3H2,1-2H3,(H,19,21)(H,20,22). The van der Waals surface area contributed by atoms with Gasteiger partial charge in [0, 0.05) is 27.8 Å². The largest absolute Gasteiger partial charge is 0.326 e. The number of anilines is 2. The Labute approximate surface area is 138 Å². The average Bonchev–Trinajstić information content (AvgIpc) is 2.51. The van der Waals surface area contributed by atoms with Gasteiger partial charge in [-0.2, -0.15) is 0 Å². The fraction of sp³-hybridized carbons (Fsp3) is 0.176. The van der Waals surface area contributed by atoms with Crippen molar-refractivity contribution in [2.75, 3.05) is 10.6 Å². The molecule has 0 aliphatic rings. The van der Waals surface area contributed by atoms with E-state index >= 15 is 0 Å². The van der Waals surface area contributed by atoms with E-state index in [9.17, 15) is 9.59 Å². The molecule has 0 spiro atoms. The fourth-order valence-electron chi connectivity index (χ4n) is 1.82. The summed E-state index contributed by atoms with van der Waals surface area (Å²) in [6.07, 6.45) is 0.431. The molecule has 2 N–H and O–H groups in total. The lowest BCUT2D eigenvalue weighted by atomic mass is 10.1. The van der Waals surface area contributed by atoms with E-state index in [0.717, 1.165) is 10.0 Å². The zero-order valence-electron chi connectivity index (χ0n) is 12.4. The zero-order valence-corrected chi connectivity index (χ0v) is 14.0. The molecule has 0 saturated carbocycles. The van der Waals surface area contributed by atoms with Gasteiger partial charge in [-0.15, -0.1) is 0 Å². The summed E-state index contributed by atoms with van der Waals surface area (Å²) in [4.78, 5) is 23.5. The SMILES string of the molecule is CCC(=O)Nc1ccc(NC(=O)c2ccc(C)c(Br)c2)cc1. The quantitative estimate of drug-likeness (QED) is 0.850. The summed E-state index contributed by atoms with van der Waals surface area (Å²) >= 11 is 3.42. The van der Waals surface area contributed by atoms with Gasteiger partial charge in [-0.3, -0.25) is 9.59 Å². The second-order valence-corrected chi connectivity index (χ2v) is 5.75. The van der Waals surface area contributed by atoms with Crippen molar-refractivity contribution in [2.45, 2.75) is 20.3 Å². The molecule has 0 aliphatic heterocycles. The van der Waals surface area contributed by atoms with Gasteiger partial charge in [0.15, 0.2) is 0 Å². The van der Waals surface area contributed by atoms with E-state index in [2.05, 4.69) is 26.6 Å². The van der Waals surface area contributed by atoms with E-state index in [1.54, 1.807) is 43.3 Å². The summed E-state index contributed by atoms with van der Waals surface area (Å²) in [6, 6.07) is 12.5. The Morgan fingerprint density at radius 3 is 2.14 bits per heavy atom. The number of amides is 2. The number of hydrogen-bond donors (Lipinski definition) is 2. The summed E-state index contributed by atoms with van der Waals surface area (Å²) in [5.41, 5.74) is 3.05. The summed E-state index contributed by atoms with van der Waals surface area (Å²) in [5.74, 6) is -0.215. The molecule has 0 atom stereocenters. The normalized spacial score (nSPS) is 10.1. The van der Waals surface area contributed by atoms with Crippen molar-refractivity contribution in [3.05, 3.63) is 58.1 Å². The number of halogens is 1. The highest BCUT2D eigenvalue weighted by atomic mass is 79.9. The van der Waals surface area contributed by atoms with E-state index in [0.29, 0.717) is 23.4 Å². The molecule has 0 heterocycles. The van der Waals surface area contributed by atoms with E-state index in [4.69, 9.17) is 0 Å². The lowest BCUT2D eigenvalue weighted by Gasteiger charge is -2.08. The molecule has 0 aromatic heterocycles. The van der Waals surface area contributed by atoms with Crippen LogP contribution in [0.15, 0.2) is 46.9 Å². The number of aryl methyl sites for hydroxylation is 1. The molecule has 2 amide bonds. The molecule has 2 aromatic carbocycles. The van der Waals surface area contributed by atoms with Gasteiger partial charge in [0.2, 0.25) is 5.91 Å². The number of benzene rings is 2. The first-order chi connectivity index (χ1) is 10.5. The topological polar surface area (TPSA) is 58.2 Å². The third-order valence-electron chi connectivity index (χ3n) is 3.18. The lowest BCUT2D eigenvalue weighted by Crippen LogP contribution is -2.12. The molecule has 0 saturated heterocycles. The monoisotopic (exact) mass is 360 g/mol. The van der Waals surface area contributed by atoms with Crippen LogP contribution in [0.3, 0.4) is 0 Å². The first-order valence-electron chi connectivity index (χ1n) is 6.97. The third kappa shape index (κ3) is 4.18. The number of carbonyl (C=O) groups excluding carboxylic acids is 2. The van der Waals surface area contributed by atoms with Crippen LogP contribution in [0.5, 0.6) is 0 Å². The van der Waals surface area contributed by atoms with Crippen molar-refractivity contribution in [3.8, 4) is 0 Å². The van der Waals surface area contributed by atoms with Crippen LogP contribution in [-0.2, 0) is 4.79 Å². The van der Waals surface area contributed by atoms with E-state index in [1.807, 2.05) is 13.0 Å². The minimum atomic E-state index is -0.175. The van der Waals surface area contributed by atoms with Crippen molar-refractivity contribution in [1.82, 2.24) is 0 Å². The van der Waals surface area contributed by atoms with E-state index in [1.165, 1.54) is 0 Å². The first kappa shape index (κ1) is 16.2. The van der Waals surface area contributed by atoms with Gasteiger partial charge in [0.1, 0.15) is 0 Å². The van der Waals surface area contributed by atoms with Gasteiger partial charge in [-0.1, -0.05) is 28.9 Å². The van der Waals surface area contributed by atoms with E-state index in [-0.39, 0.29) is 11.8 Å². The molecule has 2 rings (SSSR count). The van der Waals surface area contributed by atoms with Gasteiger partial charge in [0.05, 0.1) is 0 Å². The van der Waals surface area contributed by atoms with Crippen LogP contribution in [0, 0.1) is 6.92 Å². The molecule has 0 bridgehead atoms. The van der Waals surface area contributed by atoms with Gasteiger partial charge < -0.3 is 10.6 Å². The molecule has 5 heteroatoms. The van der Waals surface area contributed by atoms with Gasteiger partial charge in [0.25, 0.3) is 5.91 Å². The zero-order chi connectivity index (χ0) is 16.1. The van der Waals surface area contributed by atoms with E-state index < -0.39 is 0 Å². The number of carbonyl (C=O) groups is 2. The smallest absolute Gasteiger partial charge is 0.255 e. The number of nitrogens with one attached hydrogen (secondary N) is 2. The Hall–Kier alpha value is -2.14. The Morgan fingerprint density at radius 2 is 1.59 bits per heavy atom. The predicted molar refractivity (Wildman–Crippen MR) is 92.2 cm³/mol. The summed E-state index contributed by atoms with van der Waals surface area (Å²) in [7, 11) is 0. The maximum atomic E-state index is 12.2. The highest BCUT2D eigenvalue weighted by molar-refractivity contribution is 9.10. The molecule has 22 heavy (non-hydrogen) atoms. The minimum absolute atomic E-state index is 0.0405.